The van der Waals surface area contributed by atoms with Crippen LogP contribution in [0, 0.1) is 25.2 Å². The van der Waals surface area contributed by atoms with Crippen LogP contribution in [0.5, 0.6) is 5.88 Å². The van der Waals surface area contributed by atoms with E-state index in [0.29, 0.717) is 28.9 Å². The number of fused-ring (bicyclic) bond motifs is 1. The van der Waals surface area contributed by atoms with Gasteiger partial charge in [-0.25, -0.2) is 14.5 Å². The Hall–Kier alpha value is -3.68. The van der Waals surface area contributed by atoms with E-state index in [9.17, 15) is 18.0 Å². The molecule has 0 aliphatic heterocycles. The number of amides is 1. The number of nitrogens with one attached hydrogen (secondary N) is 1. The van der Waals surface area contributed by atoms with Crippen LogP contribution in [-0.2, 0) is 17.8 Å². The van der Waals surface area contributed by atoms with Gasteiger partial charge in [0.1, 0.15) is 11.6 Å². The summed E-state index contributed by atoms with van der Waals surface area (Å²) in [4.78, 5) is 20.5. The fourth-order valence-electron chi connectivity index (χ4n) is 3.11. The summed E-state index contributed by atoms with van der Waals surface area (Å²) in [5, 5.41) is 16.0. The molecule has 3 rings (SSSR count). The smallest absolute Gasteiger partial charge is 0.422 e. The summed E-state index contributed by atoms with van der Waals surface area (Å²) in [5.41, 5.74) is 3.50. The second-order valence-corrected chi connectivity index (χ2v) is 6.81. The molecule has 0 aliphatic carbocycles. The first kappa shape index (κ1) is 22.0. The number of nitriles is 1. The zero-order valence-corrected chi connectivity index (χ0v) is 16.8. The number of pyridine rings is 1. The summed E-state index contributed by atoms with van der Waals surface area (Å²) in [6.07, 6.45) is -1.19. The van der Waals surface area contributed by atoms with Crippen molar-refractivity contribution in [2.45, 2.75) is 39.4 Å². The van der Waals surface area contributed by atoms with E-state index < -0.39 is 12.8 Å². The van der Waals surface area contributed by atoms with Crippen LogP contribution >= 0.6 is 0 Å². The van der Waals surface area contributed by atoms with E-state index in [2.05, 4.69) is 20.4 Å². The second-order valence-electron chi connectivity index (χ2n) is 6.81. The lowest BCUT2D eigenvalue weighted by molar-refractivity contribution is -0.154. The number of aromatic nitrogens is 4. The number of ether oxygens (including phenoxy) is 1. The maximum atomic E-state index is 12.4. The molecular weight excluding hydrogens is 413 g/mol. The monoisotopic (exact) mass is 432 g/mol. The highest BCUT2D eigenvalue weighted by Crippen LogP contribution is 2.20. The summed E-state index contributed by atoms with van der Waals surface area (Å²) in [6, 6.07) is 5.13. The molecule has 162 valence electrons. The number of rotatable bonds is 7. The van der Waals surface area contributed by atoms with E-state index in [-0.39, 0.29) is 24.8 Å². The molecule has 0 aromatic carbocycles. The Kier molecular flexibility index (Phi) is 6.39. The highest BCUT2D eigenvalue weighted by atomic mass is 19.4. The number of carbonyl (C=O) groups is 1. The maximum absolute atomic E-state index is 12.4. The van der Waals surface area contributed by atoms with Gasteiger partial charge < -0.3 is 10.1 Å². The second kappa shape index (κ2) is 8.99. The van der Waals surface area contributed by atoms with Gasteiger partial charge in [0.15, 0.2) is 12.3 Å². The molecule has 0 bridgehead atoms. The number of aryl methyl sites for hydroxylation is 2. The van der Waals surface area contributed by atoms with E-state index in [1.54, 1.807) is 17.5 Å². The average molecular weight is 432 g/mol. The summed E-state index contributed by atoms with van der Waals surface area (Å²) in [7, 11) is 0. The van der Waals surface area contributed by atoms with E-state index in [0.717, 1.165) is 11.3 Å². The molecular formula is C20H19F3N6O2. The van der Waals surface area contributed by atoms with Gasteiger partial charge >= 0.3 is 6.18 Å². The minimum absolute atomic E-state index is 0.0141. The molecule has 0 radical (unpaired) electrons. The Labute approximate surface area is 175 Å². The molecule has 0 aliphatic rings. The van der Waals surface area contributed by atoms with Crippen LogP contribution in [0.25, 0.3) is 5.65 Å². The molecule has 1 N–H and O–H groups in total. The van der Waals surface area contributed by atoms with E-state index in [1.807, 2.05) is 13.0 Å². The van der Waals surface area contributed by atoms with Gasteiger partial charge in [-0.1, -0.05) is 6.07 Å². The fraction of sp³-hybridized carbons (Fsp3) is 0.350. The normalized spacial score (nSPS) is 11.4. The van der Waals surface area contributed by atoms with Crippen LogP contribution in [0.2, 0.25) is 0 Å². The summed E-state index contributed by atoms with van der Waals surface area (Å²) < 4.78 is 43.4. The third-order valence-electron chi connectivity index (χ3n) is 4.63. The molecule has 0 fully saturated rings. The predicted octanol–water partition coefficient (Wildman–Crippen LogP) is 2.80. The Balaban J connectivity index is 1.63. The highest BCUT2D eigenvalue weighted by Gasteiger charge is 2.29. The third kappa shape index (κ3) is 5.28. The highest BCUT2D eigenvalue weighted by molar-refractivity contribution is 5.76. The minimum atomic E-state index is -4.48. The van der Waals surface area contributed by atoms with E-state index in [1.165, 1.54) is 18.5 Å². The molecule has 0 saturated carbocycles. The number of hydrogen-bond acceptors (Lipinski definition) is 6. The number of alkyl halides is 3. The number of halogens is 3. The van der Waals surface area contributed by atoms with Crippen molar-refractivity contribution < 1.29 is 22.7 Å². The molecule has 0 saturated heterocycles. The zero-order chi connectivity index (χ0) is 22.6. The first-order valence-electron chi connectivity index (χ1n) is 9.33. The van der Waals surface area contributed by atoms with Crippen molar-refractivity contribution >= 4 is 11.6 Å². The molecule has 0 atom stereocenters. The summed E-state index contributed by atoms with van der Waals surface area (Å²) in [6.45, 7) is 2.16. The van der Waals surface area contributed by atoms with Gasteiger partial charge in [0, 0.05) is 36.1 Å². The van der Waals surface area contributed by atoms with Gasteiger partial charge in [0.2, 0.25) is 11.8 Å². The van der Waals surface area contributed by atoms with E-state index >= 15 is 0 Å². The van der Waals surface area contributed by atoms with Crippen molar-refractivity contribution in [2.24, 2.45) is 0 Å². The fourth-order valence-corrected chi connectivity index (χ4v) is 3.11. The molecule has 0 unspecified atom stereocenters. The standard InChI is InChI=1S/C20H19F3N6O2/c1-12-16(13(2)29-18(28-12)15(8-24)10-27-29)5-6-17(30)26-9-14-4-3-7-25-19(14)31-11-20(21,22)23/h3-4,7,10H,5-6,9,11H2,1-2H3,(H,26,30). The molecule has 0 spiro atoms. The van der Waals surface area contributed by atoms with Crippen LogP contribution in [0.4, 0.5) is 13.2 Å². The zero-order valence-electron chi connectivity index (χ0n) is 16.8. The summed E-state index contributed by atoms with van der Waals surface area (Å²) in [5.74, 6) is -0.462. The van der Waals surface area contributed by atoms with Crippen molar-refractivity contribution in [3.8, 4) is 11.9 Å². The molecule has 3 aromatic heterocycles. The lowest BCUT2D eigenvalue weighted by Crippen LogP contribution is -2.25. The SMILES string of the molecule is Cc1nc2c(C#N)cnn2c(C)c1CCC(=O)NCc1cccnc1OCC(F)(F)F. The molecule has 31 heavy (non-hydrogen) atoms. The lowest BCUT2D eigenvalue weighted by atomic mass is 10.1. The topological polar surface area (TPSA) is 105 Å². The lowest BCUT2D eigenvalue weighted by Gasteiger charge is -2.13. The molecule has 3 aromatic rings. The van der Waals surface area contributed by atoms with Crippen LogP contribution in [0.1, 0.15) is 34.5 Å². The quantitative estimate of drug-likeness (QED) is 0.616. The first-order chi connectivity index (χ1) is 14.7. The Morgan fingerprint density at radius 2 is 2.13 bits per heavy atom. The Bertz CT molecular complexity index is 1150. The van der Waals surface area contributed by atoms with Crippen molar-refractivity contribution in [1.29, 1.82) is 5.26 Å². The Morgan fingerprint density at radius 3 is 2.84 bits per heavy atom. The predicted molar refractivity (Wildman–Crippen MR) is 103 cm³/mol. The van der Waals surface area contributed by atoms with Gasteiger partial charge in [-0.2, -0.15) is 23.5 Å². The molecule has 1 amide bonds. The molecule has 11 heteroatoms. The van der Waals surface area contributed by atoms with Crippen molar-refractivity contribution in [3.05, 3.63) is 52.6 Å². The van der Waals surface area contributed by atoms with Gasteiger partial charge in [-0.15, -0.1) is 0 Å². The van der Waals surface area contributed by atoms with Crippen molar-refractivity contribution in [1.82, 2.24) is 24.9 Å². The van der Waals surface area contributed by atoms with Gasteiger partial charge in [-0.05, 0) is 31.9 Å². The van der Waals surface area contributed by atoms with Crippen LogP contribution in [0.15, 0.2) is 24.5 Å². The first-order valence-corrected chi connectivity index (χ1v) is 9.33. The molecule has 3 heterocycles. The third-order valence-corrected chi connectivity index (χ3v) is 4.63. The number of carbonyl (C=O) groups excluding carboxylic acids is 1. The number of hydrogen-bond donors (Lipinski definition) is 1. The average Bonchev–Trinajstić information content (AvgIpc) is 3.13. The van der Waals surface area contributed by atoms with Crippen molar-refractivity contribution in [2.75, 3.05) is 6.61 Å². The van der Waals surface area contributed by atoms with Gasteiger partial charge in [-0.3, -0.25) is 4.79 Å². The number of nitrogens with zero attached hydrogens (tertiary/aromatic N) is 5. The van der Waals surface area contributed by atoms with E-state index in [4.69, 9.17) is 10.00 Å². The minimum Gasteiger partial charge on any atom is -0.468 e. The van der Waals surface area contributed by atoms with Crippen LogP contribution in [0.3, 0.4) is 0 Å². The summed E-state index contributed by atoms with van der Waals surface area (Å²) >= 11 is 0. The largest absolute Gasteiger partial charge is 0.468 e. The van der Waals surface area contributed by atoms with Crippen LogP contribution in [-0.4, -0.2) is 38.3 Å². The van der Waals surface area contributed by atoms with Gasteiger partial charge in [0.05, 0.1) is 6.20 Å². The van der Waals surface area contributed by atoms with Crippen molar-refractivity contribution in [3.63, 3.8) is 0 Å². The maximum Gasteiger partial charge on any atom is 0.422 e. The van der Waals surface area contributed by atoms with Crippen LogP contribution < -0.4 is 10.1 Å². The Morgan fingerprint density at radius 1 is 1.35 bits per heavy atom. The van der Waals surface area contributed by atoms with Gasteiger partial charge in [0.25, 0.3) is 0 Å². The molecule has 8 nitrogen and oxygen atoms in total.